The van der Waals surface area contributed by atoms with Crippen LogP contribution in [0.5, 0.6) is 0 Å². The third-order valence-electron chi connectivity index (χ3n) is 3.75. The number of nitrogens with zero attached hydrogens (tertiary/aromatic N) is 2. The van der Waals surface area contributed by atoms with Gasteiger partial charge in [-0.1, -0.05) is 30.3 Å². The molecule has 2 heterocycles. The number of para-hydroxylation sites is 2. The Morgan fingerprint density at radius 3 is 2.61 bits per heavy atom. The lowest BCUT2D eigenvalue weighted by atomic mass is 10.1. The average Bonchev–Trinajstić information content (AvgIpc) is 3.21. The van der Waals surface area contributed by atoms with Gasteiger partial charge in [0.25, 0.3) is 0 Å². The molecule has 0 saturated carbocycles. The predicted molar refractivity (Wildman–Crippen MR) is 90.9 cm³/mol. The number of fused-ring (bicyclic) bond motifs is 1. The van der Waals surface area contributed by atoms with E-state index in [2.05, 4.69) is 29.9 Å². The number of imidazole rings is 1. The van der Waals surface area contributed by atoms with Crippen LogP contribution in [0.25, 0.3) is 22.6 Å². The van der Waals surface area contributed by atoms with Crippen molar-refractivity contribution in [2.45, 2.75) is 6.92 Å². The van der Waals surface area contributed by atoms with Crippen molar-refractivity contribution >= 4 is 11.0 Å². The zero-order valence-electron chi connectivity index (χ0n) is 12.7. The maximum absolute atomic E-state index is 5.51. The second-order valence-electron chi connectivity index (χ2n) is 5.29. The molecule has 110 valence electrons. The van der Waals surface area contributed by atoms with Gasteiger partial charge in [0.15, 0.2) is 11.6 Å². The van der Waals surface area contributed by atoms with Crippen molar-refractivity contribution in [3.63, 3.8) is 0 Å². The Balaban J connectivity index is 1.93. The van der Waals surface area contributed by atoms with Gasteiger partial charge in [-0.05, 0) is 48.7 Å². The Kier molecular flexibility index (Phi) is 3.21. The van der Waals surface area contributed by atoms with Crippen LogP contribution in [0.4, 0.5) is 0 Å². The molecule has 3 heteroatoms. The van der Waals surface area contributed by atoms with Crippen LogP contribution in [0.15, 0.2) is 71.3 Å². The second kappa shape index (κ2) is 5.51. The molecule has 0 radical (unpaired) electrons. The molecule has 4 rings (SSSR count). The van der Waals surface area contributed by atoms with Gasteiger partial charge in [0, 0.05) is 11.6 Å². The highest BCUT2D eigenvalue weighted by atomic mass is 16.3. The van der Waals surface area contributed by atoms with E-state index in [1.165, 1.54) is 0 Å². The summed E-state index contributed by atoms with van der Waals surface area (Å²) in [6.07, 6.45) is 1.65. The molecule has 0 aliphatic carbocycles. The monoisotopic (exact) mass is 298 g/mol. The van der Waals surface area contributed by atoms with E-state index in [0.717, 1.165) is 28.0 Å². The standard InChI is InChI=1S/C20H14N2O/c1-15-7-2-3-8-16(15)12-13-22-18-10-5-4-9-17(18)21-20(22)19-11-6-14-23-19/h2-11,14H,1H3. The van der Waals surface area contributed by atoms with Gasteiger partial charge in [-0.15, -0.1) is 0 Å². The van der Waals surface area contributed by atoms with E-state index in [1.54, 1.807) is 6.26 Å². The van der Waals surface area contributed by atoms with Gasteiger partial charge in [-0.25, -0.2) is 9.55 Å². The van der Waals surface area contributed by atoms with Gasteiger partial charge in [0.1, 0.15) is 0 Å². The fourth-order valence-corrected chi connectivity index (χ4v) is 2.54. The molecule has 0 unspecified atom stereocenters. The summed E-state index contributed by atoms with van der Waals surface area (Å²) in [5.41, 5.74) is 4.04. The van der Waals surface area contributed by atoms with E-state index >= 15 is 0 Å². The van der Waals surface area contributed by atoms with Crippen molar-refractivity contribution < 1.29 is 4.42 Å². The summed E-state index contributed by atoms with van der Waals surface area (Å²) in [6, 6.07) is 23.0. The first-order valence-electron chi connectivity index (χ1n) is 7.42. The summed E-state index contributed by atoms with van der Waals surface area (Å²) >= 11 is 0. The molecule has 3 nitrogen and oxygen atoms in total. The molecule has 0 aliphatic rings. The average molecular weight is 298 g/mol. The predicted octanol–water partition coefficient (Wildman–Crippen LogP) is 4.46. The zero-order chi connectivity index (χ0) is 15.6. The normalized spacial score (nSPS) is 10.5. The molecule has 0 aliphatic heterocycles. The highest BCUT2D eigenvalue weighted by molar-refractivity contribution is 5.81. The number of hydrogen-bond acceptors (Lipinski definition) is 2. The Bertz CT molecular complexity index is 1030. The molecule has 0 fully saturated rings. The summed E-state index contributed by atoms with van der Waals surface area (Å²) in [5.74, 6) is 4.67. The van der Waals surface area contributed by atoms with E-state index in [4.69, 9.17) is 4.42 Å². The quantitative estimate of drug-likeness (QED) is 0.486. The van der Waals surface area contributed by atoms with E-state index in [0.29, 0.717) is 5.76 Å². The molecule has 2 aromatic heterocycles. The maximum atomic E-state index is 5.51. The topological polar surface area (TPSA) is 31.0 Å². The molecule has 0 amide bonds. The van der Waals surface area contributed by atoms with Gasteiger partial charge in [0.05, 0.1) is 17.3 Å². The van der Waals surface area contributed by atoms with Crippen LogP contribution >= 0.6 is 0 Å². The van der Waals surface area contributed by atoms with Crippen LogP contribution in [0.1, 0.15) is 11.1 Å². The molecule has 0 saturated heterocycles. The largest absolute Gasteiger partial charge is 0.461 e. The third kappa shape index (κ3) is 2.41. The fourth-order valence-electron chi connectivity index (χ4n) is 2.54. The molecule has 0 N–H and O–H groups in total. The summed E-state index contributed by atoms with van der Waals surface area (Å²) in [6.45, 7) is 2.06. The van der Waals surface area contributed by atoms with Crippen molar-refractivity contribution in [2.75, 3.05) is 0 Å². The van der Waals surface area contributed by atoms with Crippen LogP contribution in [-0.4, -0.2) is 9.55 Å². The summed E-state index contributed by atoms with van der Waals surface area (Å²) < 4.78 is 7.40. The molecular formula is C20H14N2O. The van der Waals surface area contributed by atoms with E-state index in [1.807, 2.05) is 59.2 Å². The van der Waals surface area contributed by atoms with Crippen LogP contribution in [0.2, 0.25) is 0 Å². The molecule has 23 heavy (non-hydrogen) atoms. The number of benzene rings is 2. The summed E-state index contributed by atoms with van der Waals surface area (Å²) in [4.78, 5) is 4.66. The summed E-state index contributed by atoms with van der Waals surface area (Å²) in [5, 5.41) is 0. The second-order valence-corrected chi connectivity index (χ2v) is 5.29. The molecular weight excluding hydrogens is 284 g/mol. The minimum Gasteiger partial charge on any atom is -0.461 e. The zero-order valence-corrected chi connectivity index (χ0v) is 12.7. The fraction of sp³-hybridized carbons (Fsp3) is 0.0500. The molecule has 4 aromatic rings. The Morgan fingerprint density at radius 2 is 1.78 bits per heavy atom. The van der Waals surface area contributed by atoms with Gasteiger partial charge in [0.2, 0.25) is 0 Å². The molecule has 0 spiro atoms. The SMILES string of the molecule is Cc1ccccc1C#Cn1c(-c2ccco2)nc2ccccc21. The first-order valence-corrected chi connectivity index (χ1v) is 7.42. The van der Waals surface area contributed by atoms with Gasteiger partial charge < -0.3 is 4.42 Å². The Hall–Kier alpha value is -3.25. The van der Waals surface area contributed by atoms with E-state index in [-0.39, 0.29) is 0 Å². The lowest BCUT2D eigenvalue weighted by Crippen LogP contribution is -1.93. The molecule has 0 bridgehead atoms. The number of hydrogen-bond donors (Lipinski definition) is 0. The van der Waals surface area contributed by atoms with Gasteiger partial charge in [-0.3, -0.25) is 0 Å². The summed E-state index contributed by atoms with van der Waals surface area (Å²) in [7, 11) is 0. The van der Waals surface area contributed by atoms with Crippen LogP contribution in [-0.2, 0) is 0 Å². The minimum absolute atomic E-state index is 0.709. The third-order valence-corrected chi connectivity index (χ3v) is 3.75. The first kappa shape index (κ1) is 13.4. The lowest BCUT2D eigenvalue weighted by Gasteiger charge is -1.99. The number of furan rings is 1. The number of aryl methyl sites for hydroxylation is 1. The van der Waals surface area contributed by atoms with Crippen LogP contribution in [0.3, 0.4) is 0 Å². The van der Waals surface area contributed by atoms with E-state index < -0.39 is 0 Å². The Morgan fingerprint density at radius 1 is 0.957 bits per heavy atom. The van der Waals surface area contributed by atoms with Crippen LogP contribution < -0.4 is 0 Å². The molecule has 0 atom stereocenters. The molecule has 2 aromatic carbocycles. The van der Waals surface area contributed by atoms with Crippen molar-refractivity contribution in [1.29, 1.82) is 0 Å². The highest BCUT2D eigenvalue weighted by Gasteiger charge is 2.13. The smallest absolute Gasteiger partial charge is 0.189 e. The van der Waals surface area contributed by atoms with Crippen molar-refractivity contribution in [1.82, 2.24) is 9.55 Å². The Labute approximate surface area is 134 Å². The van der Waals surface area contributed by atoms with Crippen LogP contribution in [0, 0.1) is 18.9 Å². The van der Waals surface area contributed by atoms with Crippen molar-refractivity contribution in [3.05, 3.63) is 78.1 Å². The van der Waals surface area contributed by atoms with Gasteiger partial charge >= 0.3 is 0 Å². The maximum Gasteiger partial charge on any atom is 0.189 e. The van der Waals surface area contributed by atoms with Gasteiger partial charge in [-0.2, -0.15) is 0 Å². The number of aromatic nitrogens is 2. The number of rotatable bonds is 1. The lowest BCUT2D eigenvalue weighted by molar-refractivity contribution is 0.577. The van der Waals surface area contributed by atoms with Crippen molar-refractivity contribution in [3.8, 4) is 23.5 Å². The van der Waals surface area contributed by atoms with E-state index in [9.17, 15) is 0 Å². The van der Waals surface area contributed by atoms with Crippen molar-refractivity contribution in [2.24, 2.45) is 0 Å². The minimum atomic E-state index is 0.709. The highest BCUT2D eigenvalue weighted by Crippen LogP contribution is 2.24. The first-order chi connectivity index (χ1) is 11.3.